The first kappa shape index (κ1) is 13.3. The SMILES string of the molecule is CC(C)(C)OC(=O)NC[C@@H]1[C@H](CO)C1(C)C. The monoisotopic (exact) mass is 229 g/mol. The lowest BCUT2D eigenvalue weighted by atomic mass is 10.1. The molecule has 0 aliphatic heterocycles. The molecule has 1 fully saturated rings. The fraction of sp³-hybridized carbons (Fsp3) is 0.917. The van der Waals surface area contributed by atoms with E-state index in [-0.39, 0.29) is 18.1 Å². The van der Waals surface area contributed by atoms with Crippen molar-refractivity contribution in [2.75, 3.05) is 13.2 Å². The summed E-state index contributed by atoms with van der Waals surface area (Å²) in [5.74, 6) is 0.646. The Morgan fingerprint density at radius 1 is 1.38 bits per heavy atom. The number of amides is 1. The van der Waals surface area contributed by atoms with Crippen LogP contribution in [0.4, 0.5) is 4.79 Å². The molecule has 2 N–H and O–H groups in total. The van der Waals surface area contributed by atoms with Gasteiger partial charge in [-0.3, -0.25) is 0 Å². The van der Waals surface area contributed by atoms with Crippen LogP contribution in [0.2, 0.25) is 0 Å². The van der Waals surface area contributed by atoms with E-state index < -0.39 is 5.60 Å². The zero-order chi connectivity index (χ0) is 12.6. The molecule has 0 unspecified atom stereocenters. The van der Waals surface area contributed by atoms with E-state index in [1.165, 1.54) is 0 Å². The molecule has 16 heavy (non-hydrogen) atoms. The van der Waals surface area contributed by atoms with Crippen molar-refractivity contribution >= 4 is 6.09 Å². The normalized spacial score (nSPS) is 27.4. The van der Waals surface area contributed by atoms with Gasteiger partial charge in [0.25, 0.3) is 0 Å². The van der Waals surface area contributed by atoms with Crippen molar-refractivity contribution in [2.45, 2.75) is 40.2 Å². The fourth-order valence-electron chi connectivity index (χ4n) is 2.13. The lowest BCUT2D eigenvalue weighted by molar-refractivity contribution is 0.0523. The molecule has 1 rings (SSSR count). The van der Waals surface area contributed by atoms with Gasteiger partial charge in [-0.25, -0.2) is 4.79 Å². The smallest absolute Gasteiger partial charge is 0.407 e. The molecule has 2 atom stereocenters. The topological polar surface area (TPSA) is 58.6 Å². The molecule has 0 spiro atoms. The van der Waals surface area contributed by atoms with Crippen molar-refractivity contribution in [1.29, 1.82) is 0 Å². The standard InChI is InChI=1S/C12H23NO3/c1-11(2,3)16-10(15)13-6-8-9(7-14)12(8,4)5/h8-9,14H,6-7H2,1-5H3,(H,13,15)/t8-,9+/m1/s1. The first-order chi connectivity index (χ1) is 7.18. The van der Waals surface area contributed by atoms with Crippen LogP contribution in [-0.2, 0) is 4.74 Å². The molecule has 1 aliphatic rings. The minimum Gasteiger partial charge on any atom is -0.444 e. The molecule has 1 saturated carbocycles. The number of hydrogen-bond acceptors (Lipinski definition) is 3. The van der Waals surface area contributed by atoms with Crippen LogP contribution in [0.1, 0.15) is 34.6 Å². The minimum atomic E-state index is -0.459. The molecule has 4 heteroatoms. The average molecular weight is 229 g/mol. The summed E-state index contributed by atoms with van der Waals surface area (Å²) in [6.07, 6.45) is -0.383. The number of carbonyl (C=O) groups excluding carboxylic acids is 1. The highest BCUT2D eigenvalue weighted by molar-refractivity contribution is 5.67. The summed E-state index contributed by atoms with van der Waals surface area (Å²) in [7, 11) is 0. The van der Waals surface area contributed by atoms with Crippen LogP contribution in [0.3, 0.4) is 0 Å². The van der Waals surface area contributed by atoms with Gasteiger partial charge in [-0.05, 0) is 38.0 Å². The molecule has 1 amide bonds. The minimum absolute atomic E-state index is 0.129. The molecule has 1 aliphatic carbocycles. The van der Waals surface area contributed by atoms with E-state index in [9.17, 15) is 4.79 Å². The summed E-state index contributed by atoms with van der Waals surface area (Å²) in [6, 6.07) is 0. The van der Waals surface area contributed by atoms with E-state index in [4.69, 9.17) is 9.84 Å². The van der Waals surface area contributed by atoms with E-state index >= 15 is 0 Å². The average Bonchev–Trinajstić information content (AvgIpc) is 2.60. The van der Waals surface area contributed by atoms with E-state index in [1.807, 2.05) is 20.8 Å². The predicted molar refractivity (Wildman–Crippen MR) is 62.1 cm³/mol. The number of ether oxygens (including phenoxy) is 1. The van der Waals surface area contributed by atoms with Crippen molar-refractivity contribution in [1.82, 2.24) is 5.32 Å². The number of hydrogen-bond donors (Lipinski definition) is 2. The van der Waals surface area contributed by atoms with Gasteiger partial charge < -0.3 is 15.2 Å². The van der Waals surface area contributed by atoms with Crippen molar-refractivity contribution in [3.63, 3.8) is 0 Å². The Kier molecular flexibility index (Phi) is 3.53. The Hall–Kier alpha value is -0.770. The van der Waals surface area contributed by atoms with Crippen LogP contribution >= 0.6 is 0 Å². The van der Waals surface area contributed by atoms with Crippen LogP contribution in [0.5, 0.6) is 0 Å². The number of carbonyl (C=O) groups is 1. The van der Waals surface area contributed by atoms with E-state index in [2.05, 4.69) is 19.2 Å². The molecule has 0 saturated heterocycles. The van der Waals surface area contributed by atoms with E-state index in [1.54, 1.807) is 0 Å². The summed E-state index contributed by atoms with van der Waals surface area (Å²) in [5, 5.41) is 11.9. The quantitative estimate of drug-likeness (QED) is 0.775. The van der Waals surface area contributed by atoms with Crippen molar-refractivity contribution in [3.8, 4) is 0 Å². The summed E-state index contributed by atoms with van der Waals surface area (Å²) in [6.45, 7) is 10.5. The Bertz CT molecular complexity index is 268. The molecule has 0 heterocycles. The van der Waals surface area contributed by atoms with Gasteiger partial charge in [-0.1, -0.05) is 13.8 Å². The number of aliphatic hydroxyl groups is 1. The van der Waals surface area contributed by atoms with Crippen molar-refractivity contribution in [3.05, 3.63) is 0 Å². The predicted octanol–water partition coefficient (Wildman–Crippen LogP) is 1.78. The summed E-state index contributed by atoms with van der Waals surface area (Å²) < 4.78 is 5.14. The second-order valence-corrected chi connectivity index (χ2v) is 6.10. The maximum atomic E-state index is 11.4. The fourth-order valence-corrected chi connectivity index (χ4v) is 2.13. The van der Waals surface area contributed by atoms with Gasteiger partial charge >= 0.3 is 6.09 Å². The van der Waals surface area contributed by atoms with Crippen LogP contribution in [0.25, 0.3) is 0 Å². The van der Waals surface area contributed by atoms with Gasteiger partial charge in [0, 0.05) is 13.2 Å². The number of aliphatic hydroxyl groups excluding tert-OH is 1. The van der Waals surface area contributed by atoms with Crippen LogP contribution < -0.4 is 5.32 Å². The zero-order valence-electron chi connectivity index (χ0n) is 10.8. The Balaban J connectivity index is 2.29. The molecule has 0 aromatic rings. The first-order valence-electron chi connectivity index (χ1n) is 5.76. The second kappa shape index (κ2) is 4.24. The molecule has 4 nitrogen and oxygen atoms in total. The number of rotatable bonds is 3. The second-order valence-electron chi connectivity index (χ2n) is 6.10. The van der Waals surface area contributed by atoms with Crippen molar-refractivity contribution < 1.29 is 14.6 Å². The Morgan fingerprint density at radius 2 is 1.94 bits per heavy atom. The van der Waals surface area contributed by atoms with E-state index in [0.29, 0.717) is 18.4 Å². The number of alkyl carbamates (subject to hydrolysis) is 1. The number of nitrogens with one attached hydrogen (secondary N) is 1. The maximum Gasteiger partial charge on any atom is 0.407 e. The van der Waals surface area contributed by atoms with E-state index in [0.717, 1.165) is 0 Å². The van der Waals surface area contributed by atoms with Crippen LogP contribution in [0, 0.1) is 17.3 Å². The highest BCUT2D eigenvalue weighted by atomic mass is 16.6. The lowest BCUT2D eigenvalue weighted by Gasteiger charge is -2.19. The molecular weight excluding hydrogens is 206 g/mol. The van der Waals surface area contributed by atoms with Crippen LogP contribution in [-0.4, -0.2) is 30.0 Å². The largest absolute Gasteiger partial charge is 0.444 e. The van der Waals surface area contributed by atoms with Crippen molar-refractivity contribution in [2.24, 2.45) is 17.3 Å². The molecule has 0 bridgehead atoms. The zero-order valence-corrected chi connectivity index (χ0v) is 10.8. The van der Waals surface area contributed by atoms with Gasteiger partial charge in [0.2, 0.25) is 0 Å². The third-order valence-corrected chi connectivity index (χ3v) is 3.35. The lowest BCUT2D eigenvalue weighted by Crippen LogP contribution is -2.34. The third kappa shape index (κ3) is 3.11. The summed E-state index contributed by atoms with van der Waals surface area (Å²) in [5.41, 5.74) is -0.330. The summed E-state index contributed by atoms with van der Waals surface area (Å²) >= 11 is 0. The van der Waals surface area contributed by atoms with Gasteiger partial charge in [0.15, 0.2) is 0 Å². The molecular formula is C12H23NO3. The molecule has 94 valence electrons. The molecule has 0 aromatic carbocycles. The first-order valence-corrected chi connectivity index (χ1v) is 5.76. The maximum absolute atomic E-state index is 11.4. The van der Waals surface area contributed by atoms with Gasteiger partial charge in [0.05, 0.1) is 0 Å². The molecule has 0 radical (unpaired) electrons. The third-order valence-electron chi connectivity index (χ3n) is 3.35. The van der Waals surface area contributed by atoms with Gasteiger partial charge in [0.1, 0.15) is 5.60 Å². The Morgan fingerprint density at radius 3 is 2.31 bits per heavy atom. The summed E-state index contributed by atoms with van der Waals surface area (Å²) in [4.78, 5) is 11.4. The van der Waals surface area contributed by atoms with Gasteiger partial charge in [-0.2, -0.15) is 0 Å². The molecule has 0 aromatic heterocycles. The highest BCUT2D eigenvalue weighted by Crippen LogP contribution is 2.57. The Labute approximate surface area is 97.4 Å². The van der Waals surface area contributed by atoms with Crippen LogP contribution in [0.15, 0.2) is 0 Å². The van der Waals surface area contributed by atoms with Gasteiger partial charge in [-0.15, -0.1) is 0 Å². The highest BCUT2D eigenvalue weighted by Gasteiger charge is 2.56.